The van der Waals surface area contributed by atoms with Gasteiger partial charge in [0.2, 0.25) is 0 Å². The zero-order valence-electron chi connectivity index (χ0n) is 9.65. The Kier molecular flexibility index (Phi) is 6.52. The van der Waals surface area contributed by atoms with E-state index in [2.05, 4.69) is 28.0 Å². The SMILES string of the molecule is CSCC(C)CNCCCn1ccnc1. The summed E-state index contributed by atoms with van der Waals surface area (Å²) in [4.78, 5) is 4.01. The van der Waals surface area contributed by atoms with E-state index in [0.717, 1.165) is 25.6 Å². The zero-order valence-corrected chi connectivity index (χ0v) is 10.5. The van der Waals surface area contributed by atoms with Crippen LogP contribution in [0.15, 0.2) is 18.7 Å². The molecule has 0 spiro atoms. The molecule has 0 amide bonds. The van der Waals surface area contributed by atoms with Crippen molar-refractivity contribution in [3.8, 4) is 0 Å². The van der Waals surface area contributed by atoms with E-state index in [9.17, 15) is 0 Å². The Hall–Kier alpha value is -0.480. The smallest absolute Gasteiger partial charge is 0.0945 e. The van der Waals surface area contributed by atoms with Gasteiger partial charge >= 0.3 is 0 Å². The summed E-state index contributed by atoms with van der Waals surface area (Å²) in [7, 11) is 0. The monoisotopic (exact) mass is 227 g/mol. The van der Waals surface area contributed by atoms with Gasteiger partial charge in [-0.2, -0.15) is 11.8 Å². The molecular formula is C11H21N3S. The number of aromatic nitrogens is 2. The number of rotatable bonds is 8. The minimum absolute atomic E-state index is 0.772. The summed E-state index contributed by atoms with van der Waals surface area (Å²) < 4.78 is 2.12. The molecule has 0 radical (unpaired) electrons. The molecule has 0 saturated carbocycles. The van der Waals surface area contributed by atoms with Crippen LogP contribution in [-0.4, -0.2) is 34.6 Å². The molecule has 1 N–H and O–H groups in total. The van der Waals surface area contributed by atoms with E-state index in [1.54, 1.807) is 0 Å². The molecule has 3 nitrogen and oxygen atoms in total. The van der Waals surface area contributed by atoms with E-state index in [1.807, 2.05) is 30.5 Å². The van der Waals surface area contributed by atoms with Gasteiger partial charge in [0, 0.05) is 18.9 Å². The first kappa shape index (κ1) is 12.6. The average Bonchev–Trinajstić information content (AvgIpc) is 2.70. The predicted octanol–water partition coefficient (Wildman–Crippen LogP) is 1.86. The molecule has 0 aliphatic heterocycles. The Morgan fingerprint density at radius 2 is 2.40 bits per heavy atom. The number of hydrogen-bond acceptors (Lipinski definition) is 3. The van der Waals surface area contributed by atoms with E-state index < -0.39 is 0 Å². The third-order valence-corrected chi connectivity index (χ3v) is 3.18. The van der Waals surface area contributed by atoms with Gasteiger partial charge in [-0.3, -0.25) is 0 Å². The van der Waals surface area contributed by atoms with Crippen molar-refractivity contribution in [1.29, 1.82) is 0 Å². The van der Waals surface area contributed by atoms with Crippen molar-refractivity contribution in [3.05, 3.63) is 18.7 Å². The van der Waals surface area contributed by atoms with Gasteiger partial charge in [-0.25, -0.2) is 4.98 Å². The molecular weight excluding hydrogens is 206 g/mol. The molecule has 4 heteroatoms. The number of hydrogen-bond donors (Lipinski definition) is 1. The van der Waals surface area contributed by atoms with Gasteiger partial charge in [0.1, 0.15) is 0 Å². The highest BCUT2D eigenvalue weighted by Crippen LogP contribution is 2.02. The van der Waals surface area contributed by atoms with Crippen molar-refractivity contribution in [2.75, 3.05) is 25.1 Å². The van der Waals surface area contributed by atoms with Crippen LogP contribution in [0.4, 0.5) is 0 Å². The molecule has 1 aromatic heterocycles. The first-order valence-electron chi connectivity index (χ1n) is 5.48. The van der Waals surface area contributed by atoms with Crippen molar-refractivity contribution >= 4 is 11.8 Å². The van der Waals surface area contributed by atoms with E-state index in [4.69, 9.17) is 0 Å². The van der Waals surface area contributed by atoms with Gasteiger partial charge in [-0.05, 0) is 37.4 Å². The quantitative estimate of drug-likeness (QED) is 0.688. The average molecular weight is 227 g/mol. The van der Waals surface area contributed by atoms with Crippen molar-refractivity contribution in [2.45, 2.75) is 19.9 Å². The second kappa shape index (κ2) is 7.77. The molecule has 0 fully saturated rings. The molecule has 1 heterocycles. The van der Waals surface area contributed by atoms with Crippen LogP contribution in [0.1, 0.15) is 13.3 Å². The van der Waals surface area contributed by atoms with Crippen LogP contribution in [0.5, 0.6) is 0 Å². The third kappa shape index (κ3) is 5.85. The van der Waals surface area contributed by atoms with E-state index in [-0.39, 0.29) is 0 Å². The van der Waals surface area contributed by atoms with Crippen molar-refractivity contribution < 1.29 is 0 Å². The summed E-state index contributed by atoms with van der Waals surface area (Å²) in [5.41, 5.74) is 0. The largest absolute Gasteiger partial charge is 0.337 e. The van der Waals surface area contributed by atoms with Gasteiger partial charge in [-0.1, -0.05) is 6.92 Å². The minimum Gasteiger partial charge on any atom is -0.337 e. The third-order valence-electron chi connectivity index (χ3n) is 2.27. The van der Waals surface area contributed by atoms with E-state index in [0.29, 0.717) is 0 Å². The van der Waals surface area contributed by atoms with Crippen molar-refractivity contribution in [1.82, 2.24) is 14.9 Å². The van der Waals surface area contributed by atoms with Crippen LogP contribution < -0.4 is 5.32 Å². The highest BCUT2D eigenvalue weighted by Gasteiger charge is 1.99. The van der Waals surface area contributed by atoms with Gasteiger partial charge in [0.25, 0.3) is 0 Å². The summed E-state index contributed by atoms with van der Waals surface area (Å²) in [6, 6.07) is 0. The van der Waals surface area contributed by atoms with Crippen LogP contribution in [0.3, 0.4) is 0 Å². The Morgan fingerprint density at radius 1 is 1.53 bits per heavy atom. The molecule has 1 aromatic rings. The second-order valence-corrected chi connectivity index (χ2v) is 4.83. The minimum atomic E-state index is 0.772. The standard InChI is InChI=1S/C11H21N3S/c1-11(9-15-2)8-12-4-3-6-14-7-5-13-10-14/h5,7,10-12H,3-4,6,8-9H2,1-2H3. The molecule has 86 valence electrons. The fourth-order valence-electron chi connectivity index (χ4n) is 1.50. The van der Waals surface area contributed by atoms with E-state index in [1.165, 1.54) is 12.2 Å². The molecule has 15 heavy (non-hydrogen) atoms. The Balaban J connectivity index is 1.93. The molecule has 0 bridgehead atoms. The number of nitrogens with one attached hydrogen (secondary N) is 1. The topological polar surface area (TPSA) is 29.9 Å². The lowest BCUT2D eigenvalue weighted by atomic mass is 10.2. The highest BCUT2D eigenvalue weighted by molar-refractivity contribution is 7.98. The van der Waals surface area contributed by atoms with Crippen molar-refractivity contribution in [3.63, 3.8) is 0 Å². The van der Waals surface area contributed by atoms with E-state index >= 15 is 0 Å². The zero-order chi connectivity index (χ0) is 10.9. The number of aryl methyl sites for hydroxylation is 1. The number of nitrogens with zero attached hydrogens (tertiary/aromatic N) is 2. The van der Waals surface area contributed by atoms with Crippen LogP contribution in [0.25, 0.3) is 0 Å². The molecule has 0 aromatic carbocycles. The Labute approximate surface area is 96.7 Å². The summed E-state index contributed by atoms with van der Waals surface area (Å²) >= 11 is 1.92. The maximum atomic E-state index is 4.01. The predicted molar refractivity (Wildman–Crippen MR) is 67.3 cm³/mol. The van der Waals surface area contributed by atoms with Gasteiger partial charge in [0.05, 0.1) is 6.33 Å². The molecule has 0 saturated heterocycles. The molecule has 1 atom stereocenters. The van der Waals surface area contributed by atoms with Gasteiger partial charge < -0.3 is 9.88 Å². The van der Waals surface area contributed by atoms with Gasteiger partial charge in [0.15, 0.2) is 0 Å². The normalized spacial score (nSPS) is 12.9. The fourth-order valence-corrected chi connectivity index (χ4v) is 2.18. The lowest BCUT2D eigenvalue weighted by Gasteiger charge is -2.10. The summed E-state index contributed by atoms with van der Waals surface area (Å²) in [6.07, 6.45) is 9.04. The first-order valence-corrected chi connectivity index (χ1v) is 6.87. The lowest BCUT2D eigenvalue weighted by Crippen LogP contribution is -2.24. The summed E-state index contributed by atoms with van der Waals surface area (Å²) in [5, 5.41) is 3.49. The van der Waals surface area contributed by atoms with Crippen LogP contribution >= 0.6 is 11.8 Å². The lowest BCUT2D eigenvalue weighted by molar-refractivity contribution is 0.526. The first-order chi connectivity index (χ1) is 7.33. The Bertz CT molecular complexity index is 236. The number of imidazole rings is 1. The molecule has 1 unspecified atom stereocenters. The van der Waals surface area contributed by atoms with Crippen LogP contribution in [0.2, 0.25) is 0 Å². The fraction of sp³-hybridized carbons (Fsp3) is 0.727. The Morgan fingerprint density at radius 3 is 3.07 bits per heavy atom. The second-order valence-electron chi connectivity index (χ2n) is 3.92. The number of thioether (sulfide) groups is 1. The van der Waals surface area contributed by atoms with Crippen molar-refractivity contribution in [2.24, 2.45) is 5.92 Å². The summed E-state index contributed by atoms with van der Waals surface area (Å²) in [6.45, 7) is 5.57. The molecule has 0 aliphatic rings. The van der Waals surface area contributed by atoms with Crippen LogP contribution in [-0.2, 0) is 6.54 Å². The summed E-state index contributed by atoms with van der Waals surface area (Å²) in [5.74, 6) is 2.02. The maximum absolute atomic E-state index is 4.01. The van der Waals surface area contributed by atoms with Gasteiger partial charge in [-0.15, -0.1) is 0 Å². The van der Waals surface area contributed by atoms with Crippen LogP contribution in [0, 0.1) is 5.92 Å². The highest BCUT2D eigenvalue weighted by atomic mass is 32.2. The molecule has 0 aliphatic carbocycles. The maximum Gasteiger partial charge on any atom is 0.0945 e. The molecule has 1 rings (SSSR count).